The first-order valence-electron chi connectivity index (χ1n) is 9.94. The molecule has 0 unspecified atom stereocenters. The van der Waals surface area contributed by atoms with Gasteiger partial charge in [-0.1, -0.05) is 19.4 Å². The van der Waals surface area contributed by atoms with Gasteiger partial charge in [-0.15, -0.1) is 11.3 Å². The molecule has 136 valence electrons. The van der Waals surface area contributed by atoms with Crippen molar-refractivity contribution in [1.82, 2.24) is 0 Å². The van der Waals surface area contributed by atoms with E-state index in [-0.39, 0.29) is 10.8 Å². The lowest BCUT2D eigenvalue weighted by molar-refractivity contribution is -0.117. The molecule has 2 fully saturated rings. The highest BCUT2D eigenvalue weighted by Gasteiger charge is 2.58. The average molecular weight is 367 g/mol. The SMILES string of the molecule is C[C@]12CCC(=O)C=C1CC[C@@H]1[C@@H]2CC[C@]2(C)c3c(sc(N)c3C#N)C[C@@H]12. The maximum absolute atomic E-state index is 12.0. The van der Waals surface area contributed by atoms with Gasteiger partial charge in [0.15, 0.2) is 5.78 Å². The molecule has 0 amide bonds. The summed E-state index contributed by atoms with van der Waals surface area (Å²) in [6.45, 7) is 4.82. The molecule has 1 heterocycles. The highest BCUT2D eigenvalue weighted by Crippen LogP contribution is 2.66. The van der Waals surface area contributed by atoms with E-state index in [4.69, 9.17) is 5.73 Å². The van der Waals surface area contributed by atoms with Gasteiger partial charge < -0.3 is 5.73 Å². The summed E-state index contributed by atoms with van der Waals surface area (Å²) in [6.07, 6.45) is 9.45. The van der Waals surface area contributed by atoms with E-state index in [1.54, 1.807) is 11.3 Å². The lowest BCUT2D eigenvalue weighted by Crippen LogP contribution is -2.51. The van der Waals surface area contributed by atoms with Crippen LogP contribution in [-0.4, -0.2) is 5.78 Å². The van der Waals surface area contributed by atoms with Crippen LogP contribution in [0.1, 0.15) is 68.4 Å². The molecule has 0 radical (unpaired) electrons. The smallest absolute Gasteiger partial charge is 0.155 e. The summed E-state index contributed by atoms with van der Waals surface area (Å²) in [7, 11) is 0. The van der Waals surface area contributed by atoms with Gasteiger partial charge in [0.25, 0.3) is 0 Å². The molecule has 0 aliphatic heterocycles. The van der Waals surface area contributed by atoms with E-state index >= 15 is 0 Å². The highest BCUT2D eigenvalue weighted by atomic mass is 32.1. The van der Waals surface area contributed by atoms with Gasteiger partial charge >= 0.3 is 0 Å². The Labute approximate surface area is 159 Å². The van der Waals surface area contributed by atoms with E-state index in [0.717, 1.165) is 31.2 Å². The summed E-state index contributed by atoms with van der Waals surface area (Å²) in [6, 6.07) is 2.40. The van der Waals surface area contributed by atoms with Crippen LogP contribution in [0.3, 0.4) is 0 Å². The molecule has 0 bridgehead atoms. The average Bonchev–Trinajstić information content (AvgIpc) is 3.07. The third kappa shape index (κ3) is 1.90. The van der Waals surface area contributed by atoms with Gasteiger partial charge in [0.05, 0.1) is 5.56 Å². The van der Waals surface area contributed by atoms with Gasteiger partial charge in [0.2, 0.25) is 0 Å². The summed E-state index contributed by atoms with van der Waals surface area (Å²) in [5, 5.41) is 10.4. The van der Waals surface area contributed by atoms with Crippen molar-refractivity contribution >= 4 is 22.1 Å². The van der Waals surface area contributed by atoms with Gasteiger partial charge in [-0.05, 0) is 78.7 Å². The van der Waals surface area contributed by atoms with Crippen LogP contribution in [0.2, 0.25) is 0 Å². The fraction of sp³-hybridized carbons (Fsp3) is 0.636. The zero-order valence-electron chi connectivity index (χ0n) is 15.6. The first kappa shape index (κ1) is 16.6. The molecule has 5 atom stereocenters. The number of ketones is 1. The summed E-state index contributed by atoms with van der Waals surface area (Å²) >= 11 is 1.65. The molecule has 1 aromatic rings. The number of nitrogens with zero attached hydrogens (tertiary/aromatic N) is 1. The van der Waals surface area contributed by atoms with Crippen molar-refractivity contribution in [2.75, 3.05) is 5.73 Å². The number of nitrogen functional groups attached to an aromatic ring is 1. The minimum absolute atomic E-state index is 0.109. The molecule has 2 N–H and O–H groups in total. The number of hydrogen-bond acceptors (Lipinski definition) is 4. The topological polar surface area (TPSA) is 66.9 Å². The minimum atomic E-state index is 0.109. The number of allylic oxidation sites excluding steroid dienone is 2. The molecule has 4 aliphatic rings. The van der Waals surface area contributed by atoms with E-state index < -0.39 is 0 Å². The molecule has 4 heteroatoms. The van der Waals surface area contributed by atoms with Crippen LogP contribution in [0.25, 0.3) is 0 Å². The number of nitrogens with two attached hydrogens (primary N) is 1. The Kier molecular flexibility index (Phi) is 3.33. The van der Waals surface area contributed by atoms with Crippen molar-refractivity contribution in [3.05, 3.63) is 27.7 Å². The normalized spacial score (nSPS) is 40.7. The number of fused-ring (bicyclic) bond motifs is 7. The maximum Gasteiger partial charge on any atom is 0.155 e. The van der Waals surface area contributed by atoms with Crippen LogP contribution in [0.15, 0.2) is 11.6 Å². The Morgan fingerprint density at radius 2 is 2.00 bits per heavy atom. The molecule has 3 nitrogen and oxygen atoms in total. The summed E-state index contributed by atoms with van der Waals surface area (Å²) in [4.78, 5) is 13.3. The van der Waals surface area contributed by atoms with Crippen molar-refractivity contribution in [2.24, 2.45) is 23.2 Å². The number of anilines is 1. The monoisotopic (exact) mass is 366 g/mol. The number of carbonyl (C=O) groups is 1. The summed E-state index contributed by atoms with van der Waals surface area (Å²) in [5.74, 6) is 2.35. The number of nitriles is 1. The number of rotatable bonds is 0. The van der Waals surface area contributed by atoms with Gasteiger partial charge in [-0.3, -0.25) is 4.79 Å². The van der Waals surface area contributed by atoms with Crippen molar-refractivity contribution < 1.29 is 4.79 Å². The van der Waals surface area contributed by atoms with E-state index in [1.165, 1.54) is 28.9 Å². The van der Waals surface area contributed by atoms with Gasteiger partial charge in [-0.25, -0.2) is 0 Å². The second kappa shape index (κ2) is 5.23. The van der Waals surface area contributed by atoms with Gasteiger partial charge in [-0.2, -0.15) is 5.26 Å². The van der Waals surface area contributed by atoms with Crippen LogP contribution < -0.4 is 5.73 Å². The molecule has 0 aromatic carbocycles. The van der Waals surface area contributed by atoms with Crippen LogP contribution in [0.4, 0.5) is 5.00 Å². The zero-order valence-corrected chi connectivity index (χ0v) is 16.4. The Morgan fingerprint density at radius 3 is 2.77 bits per heavy atom. The first-order valence-corrected chi connectivity index (χ1v) is 10.8. The predicted octanol–water partition coefficient (Wildman–Crippen LogP) is 4.75. The molecule has 1 aromatic heterocycles. The van der Waals surface area contributed by atoms with E-state index in [9.17, 15) is 10.1 Å². The first-order chi connectivity index (χ1) is 12.4. The maximum atomic E-state index is 12.0. The van der Waals surface area contributed by atoms with Crippen LogP contribution in [-0.2, 0) is 16.6 Å². The third-order valence-electron chi connectivity index (χ3n) is 8.45. The number of thiophene rings is 1. The number of hydrogen-bond donors (Lipinski definition) is 1. The highest BCUT2D eigenvalue weighted by molar-refractivity contribution is 7.16. The molecule has 2 saturated carbocycles. The largest absolute Gasteiger partial charge is 0.389 e. The molecule has 4 aliphatic carbocycles. The third-order valence-corrected chi connectivity index (χ3v) is 9.49. The molecule has 0 saturated heterocycles. The van der Waals surface area contributed by atoms with E-state index in [1.807, 2.05) is 6.08 Å². The van der Waals surface area contributed by atoms with Crippen LogP contribution in [0, 0.1) is 34.5 Å². The zero-order chi connectivity index (χ0) is 18.3. The fourth-order valence-electron chi connectivity index (χ4n) is 7.12. The molecular formula is C22H26N2OS. The van der Waals surface area contributed by atoms with Crippen LogP contribution >= 0.6 is 11.3 Å². The summed E-state index contributed by atoms with van der Waals surface area (Å²) < 4.78 is 0. The van der Waals surface area contributed by atoms with Crippen molar-refractivity contribution in [2.45, 2.75) is 64.2 Å². The molecular weight excluding hydrogens is 340 g/mol. The van der Waals surface area contributed by atoms with E-state index in [2.05, 4.69) is 19.9 Å². The van der Waals surface area contributed by atoms with Gasteiger partial charge in [0.1, 0.15) is 11.1 Å². The predicted molar refractivity (Wildman–Crippen MR) is 104 cm³/mol. The Morgan fingerprint density at radius 1 is 1.19 bits per heavy atom. The Bertz CT molecular complexity index is 891. The Balaban J connectivity index is 1.55. The van der Waals surface area contributed by atoms with Crippen molar-refractivity contribution in [3.63, 3.8) is 0 Å². The van der Waals surface area contributed by atoms with E-state index in [0.29, 0.717) is 35.0 Å². The second-order valence-corrected chi connectivity index (χ2v) is 10.5. The fourth-order valence-corrected chi connectivity index (χ4v) is 8.34. The molecule has 26 heavy (non-hydrogen) atoms. The minimum Gasteiger partial charge on any atom is -0.389 e. The number of carbonyl (C=O) groups excluding carboxylic acids is 1. The summed E-state index contributed by atoms with van der Waals surface area (Å²) in [5.41, 5.74) is 9.95. The van der Waals surface area contributed by atoms with Crippen LogP contribution in [0.5, 0.6) is 0 Å². The molecule has 5 rings (SSSR count). The second-order valence-electron chi connectivity index (χ2n) is 9.38. The Hall–Kier alpha value is -1.60. The molecule has 0 spiro atoms. The van der Waals surface area contributed by atoms with Gasteiger partial charge in [0, 0.05) is 11.3 Å². The van der Waals surface area contributed by atoms with Crippen molar-refractivity contribution in [3.8, 4) is 6.07 Å². The lowest BCUT2D eigenvalue weighted by atomic mass is 9.47. The lowest BCUT2D eigenvalue weighted by Gasteiger charge is -2.57. The van der Waals surface area contributed by atoms with Crippen molar-refractivity contribution in [1.29, 1.82) is 5.26 Å². The quantitative estimate of drug-likeness (QED) is 0.720. The standard InChI is InChI=1S/C22H26N2OS/c1-21-7-5-13(25)9-12(21)3-4-14-16(21)6-8-22(2)17(14)10-18-19(22)15(11-23)20(24)26-18/h9,14,16-17H,3-8,10,24H2,1-2H3/t14-,16+,17+,21+,22+/m1/s1.